The number of nitrogens with one attached hydrogen (secondary N) is 1. The minimum Gasteiger partial charge on any atom is -0.481 e. The Morgan fingerprint density at radius 1 is 1.80 bits per heavy atom. The molecule has 0 aliphatic rings. The molecule has 3 heteroatoms. The van der Waals surface area contributed by atoms with Gasteiger partial charge in [0.2, 0.25) is 0 Å². The summed E-state index contributed by atoms with van der Waals surface area (Å²) in [5.41, 5.74) is 0. The first kappa shape index (κ1) is 9.43. The van der Waals surface area contributed by atoms with Gasteiger partial charge in [0.05, 0.1) is 5.92 Å². The quantitative estimate of drug-likeness (QED) is 0.563. The summed E-state index contributed by atoms with van der Waals surface area (Å²) in [6.07, 6.45) is 0.680. The van der Waals surface area contributed by atoms with Crippen LogP contribution in [0, 0.1) is 12.5 Å². The van der Waals surface area contributed by atoms with E-state index in [1.807, 2.05) is 13.5 Å². The Balaban J connectivity index is 3.21. The molecule has 0 bridgehead atoms. The van der Waals surface area contributed by atoms with Crippen molar-refractivity contribution in [1.29, 1.82) is 0 Å². The average Bonchev–Trinajstić information content (AvgIpc) is 1.88. The molecule has 0 aliphatic carbocycles. The fraction of sp³-hybridized carbons (Fsp3) is 0.714. The van der Waals surface area contributed by atoms with E-state index in [1.165, 1.54) is 0 Å². The molecule has 2 N–H and O–H groups in total. The molecule has 3 nitrogen and oxygen atoms in total. The van der Waals surface area contributed by atoms with E-state index in [0.29, 0.717) is 6.42 Å². The molecule has 0 heterocycles. The third-order valence-electron chi connectivity index (χ3n) is 1.35. The summed E-state index contributed by atoms with van der Waals surface area (Å²) in [5, 5.41) is 11.4. The van der Waals surface area contributed by atoms with Gasteiger partial charge in [-0.25, -0.2) is 0 Å². The molecule has 0 amide bonds. The number of carboxylic acid groups (broad SMARTS) is 1. The van der Waals surface area contributed by atoms with Gasteiger partial charge < -0.3 is 10.4 Å². The summed E-state index contributed by atoms with van der Waals surface area (Å²) in [4.78, 5) is 10.3. The molecular weight excluding hydrogens is 130 g/mol. The first-order valence-electron chi connectivity index (χ1n) is 3.42. The molecule has 0 aromatic heterocycles. The highest BCUT2D eigenvalue weighted by Gasteiger charge is 2.08. The van der Waals surface area contributed by atoms with Crippen LogP contribution in [0.5, 0.6) is 0 Å². The van der Waals surface area contributed by atoms with Gasteiger partial charge >= 0.3 is 5.97 Å². The summed E-state index contributed by atoms with van der Waals surface area (Å²) in [7, 11) is 0. The number of hydrogen-bond acceptors (Lipinski definition) is 2. The summed E-state index contributed by atoms with van der Waals surface area (Å²) < 4.78 is 0. The highest BCUT2D eigenvalue weighted by molar-refractivity contribution is 5.69. The molecule has 0 rings (SSSR count). The number of aliphatic carboxylic acids is 1. The molecule has 0 spiro atoms. The van der Waals surface area contributed by atoms with Crippen LogP contribution in [0.4, 0.5) is 0 Å². The summed E-state index contributed by atoms with van der Waals surface area (Å²) in [6.45, 7) is 6.14. The van der Waals surface area contributed by atoms with E-state index >= 15 is 0 Å². The molecule has 0 fully saturated rings. The molecule has 1 unspecified atom stereocenters. The lowest BCUT2D eigenvalue weighted by molar-refractivity contribution is -0.141. The molecule has 0 aromatic carbocycles. The van der Waals surface area contributed by atoms with Crippen molar-refractivity contribution < 1.29 is 9.90 Å². The van der Waals surface area contributed by atoms with Gasteiger partial charge in [0, 0.05) is 6.54 Å². The second-order valence-corrected chi connectivity index (χ2v) is 2.27. The van der Waals surface area contributed by atoms with Crippen LogP contribution in [0.25, 0.3) is 0 Å². The predicted molar refractivity (Wildman–Crippen MR) is 39.4 cm³/mol. The zero-order valence-corrected chi connectivity index (χ0v) is 6.42. The van der Waals surface area contributed by atoms with Gasteiger partial charge in [0.1, 0.15) is 0 Å². The number of carboxylic acids is 1. The Morgan fingerprint density at radius 3 is 2.80 bits per heavy atom. The normalized spacial score (nSPS) is 13.0. The largest absolute Gasteiger partial charge is 0.481 e. The topological polar surface area (TPSA) is 49.3 Å². The zero-order chi connectivity index (χ0) is 7.98. The van der Waals surface area contributed by atoms with Crippen LogP contribution in [-0.2, 0) is 4.79 Å². The maximum atomic E-state index is 10.3. The third kappa shape index (κ3) is 4.32. The van der Waals surface area contributed by atoms with Crippen LogP contribution in [0.15, 0.2) is 0 Å². The highest BCUT2D eigenvalue weighted by atomic mass is 16.4. The van der Waals surface area contributed by atoms with Crippen LogP contribution in [-0.4, -0.2) is 17.6 Å². The Hall–Kier alpha value is -0.570. The lowest BCUT2D eigenvalue weighted by atomic mass is 10.1. The van der Waals surface area contributed by atoms with Crippen LogP contribution in [0.2, 0.25) is 0 Å². The van der Waals surface area contributed by atoms with E-state index in [1.54, 1.807) is 6.92 Å². The maximum absolute atomic E-state index is 10.3. The molecule has 10 heavy (non-hydrogen) atoms. The predicted octanol–water partition coefficient (Wildman–Crippen LogP) is 0.868. The Morgan fingerprint density at radius 2 is 2.40 bits per heavy atom. The van der Waals surface area contributed by atoms with E-state index in [9.17, 15) is 4.79 Å². The lowest BCUT2D eigenvalue weighted by Gasteiger charge is -2.04. The van der Waals surface area contributed by atoms with Gasteiger partial charge in [0.15, 0.2) is 0 Å². The van der Waals surface area contributed by atoms with Crippen molar-refractivity contribution in [3.05, 3.63) is 6.54 Å². The molecule has 1 atom stereocenters. The minimum absolute atomic E-state index is 0.243. The molecule has 0 saturated carbocycles. The molecule has 0 saturated heterocycles. The average molecular weight is 144 g/mol. The van der Waals surface area contributed by atoms with E-state index in [2.05, 4.69) is 5.32 Å². The van der Waals surface area contributed by atoms with Gasteiger partial charge in [-0.3, -0.25) is 4.79 Å². The van der Waals surface area contributed by atoms with Gasteiger partial charge in [-0.2, -0.15) is 0 Å². The van der Waals surface area contributed by atoms with Gasteiger partial charge in [0.25, 0.3) is 0 Å². The van der Waals surface area contributed by atoms with Gasteiger partial charge in [-0.05, 0) is 19.9 Å². The smallest absolute Gasteiger partial charge is 0.306 e. The van der Waals surface area contributed by atoms with Crippen molar-refractivity contribution >= 4 is 5.97 Å². The standard InChI is InChI=1S/C7H14NO2/c1-3-8-5-4-6(2)7(9)10/h3,6,8H,4-5H2,1-2H3,(H,9,10). The number of rotatable bonds is 5. The first-order chi connectivity index (χ1) is 4.68. The summed E-state index contributed by atoms with van der Waals surface area (Å²) in [5.74, 6) is -0.967. The van der Waals surface area contributed by atoms with Crippen molar-refractivity contribution in [2.24, 2.45) is 5.92 Å². The van der Waals surface area contributed by atoms with Crippen LogP contribution >= 0.6 is 0 Å². The monoisotopic (exact) mass is 144 g/mol. The Bertz CT molecular complexity index is 104. The highest BCUT2D eigenvalue weighted by Crippen LogP contribution is 1.99. The first-order valence-corrected chi connectivity index (χ1v) is 3.42. The van der Waals surface area contributed by atoms with Crippen molar-refractivity contribution in [3.8, 4) is 0 Å². The fourth-order valence-electron chi connectivity index (χ4n) is 0.568. The van der Waals surface area contributed by atoms with Gasteiger partial charge in [-0.15, -0.1) is 0 Å². The van der Waals surface area contributed by atoms with E-state index in [4.69, 9.17) is 5.11 Å². The van der Waals surface area contributed by atoms with E-state index in [-0.39, 0.29) is 5.92 Å². The number of hydrogen-bond donors (Lipinski definition) is 2. The molecule has 59 valence electrons. The third-order valence-corrected chi connectivity index (χ3v) is 1.35. The summed E-state index contributed by atoms with van der Waals surface area (Å²) in [6, 6.07) is 0. The molecule has 0 aliphatic heterocycles. The van der Waals surface area contributed by atoms with Crippen LogP contribution in [0.1, 0.15) is 20.3 Å². The van der Waals surface area contributed by atoms with Crippen LogP contribution < -0.4 is 5.32 Å². The van der Waals surface area contributed by atoms with Crippen molar-refractivity contribution in [3.63, 3.8) is 0 Å². The van der Waals surface area contributed by atoms with E-state index < -0.39 is 5.97 Å². The fourth-order valence-corrected chi connectivity index (χ4v) is 0.568. The maximum Gasteiger partial charge on any atom is 0.306 e. The van der Waals surface area contributed by atoms with Gasteiger partial charge in [-0.1, -0.05) is 6.92 Å². The summed E-state index contributed by atoms with van der Waals surface area (Å²) >= 11 is 0. The van der Waals surface area contributed by atoms with Crippen molar-refractivity contribution in [2.45, 2.75) is 20.3 Å². The second-order valence-electron chi connectivity index (χ2n) is 2.27. The molecule has 0 aromatic rings. The lowest BCUT2D eigenvalue weighted by Crippen LogP contribution is -2.17. The van der Waals surface area contributed by atoms with E-state index in [0.717, 1.165) is 6.54 Å². The minimum atomic E-state index is -0.724. The Kier molecular flexibility index (Phi) is 4.94. The SMILES string of the molecule is C[CH]NCCC(C)C(=O)O. The zero-order valence-electron chi connectivity index (χ0n) is 6.42. The van der Waals surface area contributed by atoms with Crippen molar-refractivity contribution in [2.75, 3.05) is 6.54 Å². The molecule has 1 radical (unpaired) electrons. The Labute approximate surface area is 61.4 Å². The van der Waals surface area contributed by atoms with Crippen LogP contribution in [0.3, 0.4) is 0 Å². The molecular formula is C7H14NO2. The van der Waals surface area contributed by atoms with Crippen molar-refractivity contribution in [1.82, 2.24) is 5.32 Å². The number of carbonyl (C=O) groups is 1. The second kappa shape index (κ2) is 5.23.